The van der Waals surface area contributed by atoms with Crippen LogP contribution in [0.3, 0.4) is 0 Å². The largest absolute Gasteiger partial charge is 0.394 e. The topological polar surface area (TPSA) is 20.2 Å². The van der Waals surface area contributed by atoms with Gasteiger partial charge in [0.15, 0.2) is 0 Å². The van der Waals surface area contributed by atoms with E-state index in [9.17, 15) is 0 Å². The predicted octanol–water partition coefficient (Wildman–Crippen LogP) is 0.387. The molecule has 0 aliphatic carbocycles. The van der Waals surface area contributed by atoms with Crippen molar-refractivity contribution in [2.45, 2.75) is 19.9 Å². The molecule has 0 aromatic rings. The lowest BCUT2D eigenvalue weighted by Crippen LogP contribution is -1.85. The van der Waals surface area contributed by atoms with Crippen LogP contribution in [0.15, 0.2) is 0 Å². The first-order chi connectivity index (χ1) is 2.27. The summed E-state index contributed by atoms with van der Waals surface area (Å²) in [6.07, 6.45) is -0.449. The van der Waals surface area contributed by atoms with E-state index in [1.807, 2.05) is 0 Å². The zero-order valence-electron chi connectivity index (χ0n) is 3.73. The van der Waals surface area contributed by atoms with Crippen LogP contribution in [0.4, 0.5) is 0 Å². The lowest BCUT2D eigenvalue weighted by Gasteiger charge is -1.80. The Morgan fingerprint density at radius 3 is 2.50 bits per heavy atom. The molecule has 0 spiro atoms. The molecule has 1 nitrogen and oxygen atoms in total. The Labute approximate surface area is 27.7 Å². The maximum Gasteiger partial charge on any atom is 0.0483 e. The van der Waals surface area contributed by atoms with E-state index >= 15 is 0 Å². The average molecular weight is 61.1 g/mol. The van der Waals surface area contributed by atoms with Crippen molar-refractivity contribution in [1.29, 1.82) is 0 Å². The third-order valence-corrected chi connectivity index (χ3v) is 0. The third kappa shape index (κ3) is 1130. The first-order valence-corrected chi connectivity index (χ1v) is 1.24. The van der Waals surface area contributed by atoms with Crippen LogP contribution in [0.1, 0.15) is 15.2 Å². The summed E-state index contributed by atoms with van der Waals surface area (Å²) in [5.74, 6) is 0. The summed E-state index contributed by atoms with van der Waals surface area (Å²) in [6.45, 7) is 1.70. The molecule has 1 N–H and O–H groups in total. The van der Waals surface area contributed by atoms with Crippen molar-refractivity contribution in [1.82, 2.24) is 0 Å². The molecule has 1 atom stereocenters. The minimum absolute atomic E-state index is 0.111. The van der Waals surface area contributed by atoms with Gasteiger partial charge in [0.25, 0.3) is 0 Å². The van der Waals surface area contributed by atoms with Crippen molar-refractivity contribution in [2.24, 2.45) is 0 Å². The van der Waals surface area contributed by atoms with Gasteiger partial charge in [0.05, 0.1) is 0 Å². The summed E-state index contributed by atoms with van der Waals surface area (Å²) in [6, 6.07) is 0. The summed E-state index contributed by atoms with van der Waals surface area (Å²) in [5, 5.41) is 8.17. The molecule has 0 aromatic carbocycles. The van der Waals surface area contributed by atoms with E-state index in [0.717, 1.165) is 0 Å². The summed E-state index contributed by atoms with van der Waals surface area (Å²) in [5.41, 5.74) is 0. The van der Waals surface area contributed by atoms with Crippen LogP contribution in [-0.2, 0) is 0 Å². The normalized spacial score (nSPS) is 19.0. The van der Waals surface area contributed by atoms with E-state index in [0.29, 0.717) is 0 Å². The quantitative estimate of drug-likeness (QED) is 0.429. The van der Waals surface area contributed by atoms with Crippen molar-refractivity contribution in [2.75, 3.05) is 0 Å². The number of aliphatic hydroxyl groups excluding tert-OH is 1. The monoisotopic (exact) mass is 61.1 g/mol. The van der Waals surface area contributed by atoms with E-state index in [-0.39, 0.29) is 6.90 Å². The van der Waals surface area contributed by atoms with Crippen LogP contribution in [0, 0.1) is 0 Å². The van der Waals surface area contributed by atoms with Gasteiger partial charge in [-0.1, -0.05) is 0 Å². The third-order valence-electron chi connectivity index (χ3n) is 0. The Bertz CT molecular complexity index is 20.9. The van der Waals surface area contributed by atoms with Gasteiger partial charge in [-0.05, 0) is 13.8 Å². The molecule has 0 aliphatic heterocycles. The first-order valence-electron chi connectivity index (χ1n) is 1.95. The van der Waals surface area contributed by atoms with Crippen molar-refractivity contribution >= 4 is 0 Å². The predicted molar refractivity (Wildman–Crippen MR) is 17.4 cm³/mol. The Morgan fingerprint density at radius 1 is 2.25 bits per heavy atom. The molecule has 1 heteroatoms. The van der Waals surface area contributed by atoms with Crippen LogP contribution < -0.4 is 0 Å². The molecule has 0 bridgehead atoms. The number of rotatable bonds is 0. The maximum absolute atomic E-state index is 8.17. The maximum atomic E-state index is 8.17. The zero-order chi connectivity index (χ0) is 4.28. The van der Waals surface area contributed by atoms with Gasteiger partial charge in [-0.25, -0.2) is 0 Å². The minimum Gasteiger partial charge on any atom is -0.394 e. The molecule has 0 aromatic heterocycles. The molecule has 0 fully saturated rings. The molecule has 0 amide bonds. The highest BCUT2D eigenvalue weighted by molar-refractivity contribution is 4.20. The first kappa shape index (κ1) is 2.21. The summed E-state index contributed by atoms with van der Waals surface area (Å²) < 4.78 is 6.41. The standard InChI is InChI=1S/C3H8O/c1-3(2)4/h3-4H,1-2H3/i1D. The summed E-state index contributed by atoms with van der Waals surface area (Å²) >= 11 is 0. The van der Waals surface area contributed by atoms with E-state index in [2.05, 4.69) is 0 Å². The lowest BCUT2D eigenvalue weighted by atomic mass is 10.5. The van der Waals surface area contributed by atoms with Crippen LogP contribution in [0.2, 0.25) is 0 Å². The van der Waals surface area contributed by atoms with Crippen LogP contribution in [0.25, 0.3) is 0 Å². The Balaban J connectivity index is 2.54. The van der Waals surface area contributed by atoms with Gasteiger partial charge in [0.2, 0.25) is 0 Å². The number of hydrogen-bond donors (Lipinski definition) is 1. The average Bonchev–Trinajstić information content (AvgIpc) is 1.38. The van der Waals surface area contributed by atoms with Crippen LogP contribution in [0.5, 0.6) is 0 Å². The molecular formula is C3H8O. The fourth-order valence-electron chi connectivity index (χ4n) is 0. The molecule has 0 rings (SSSR count). The van der Waals surface area contributed by atoms with Gasteiger partial charge in [-0.3, -0.25) is 0 Å². The van der Waals surface area contributed by atoms with Gasteiger partial charge >= 0.3 is 0 Å². The molecular weight excluding hydrogens is 52.0 g/mol. The second-order valence-corrected chi connectivity index (χ2v) is 0.849. The highest BCUT2D eigenvalue weighted by atomic mass is 16.3. The molecule has 0 heterocycles. The smallest absolute Gasteiger partial charge is 0.0483 e. The van der Waals surface area contributed by atoms with Crippen molar-refractivity contribution in [3.05, 3.63) is 0 Å². The lowest BCUT2D eigenvalue weighted by molar-refractivity contribution is 0.216. The molecule has 1 unspecified atom stereocenters. The van der Waals surface area contributed by atoms with Gasteiger partial charge < -0.3 is 5.11 Å². The van der Waals surface area contributed by atoms with Crippen molar-refractivity contribution < 1.29 is 6.48 Å². The zero-order valence-corrected chi connectivity index (χ0v) is 2.73. The van der Waals surface area contributed by atoms with Gasteiger partial charge in [0, 0.05) is 7.47 Å². The van der Waals surface area contributed by atoms with E-state index in [1.165, 1.54) is 0 Å². The molecule has 0 saturated heterocycles. The highest BCUT2D eigenvalue weighted by Crippen LogP contribution is 1.65. The molecule has 26 valence electrons. The van der Waals surface area contributed by atoms with Gasteiger partial charge in [-0.15, -0.1) is 0 Å². The van der Waals surface area contributed by atoms with E-state index in [1.54, 1.807) is 6.92 Å². The fourth-order valence-corrected chi connectivity index (χ4v) is 0. The molecule has 4 heavy (non-hydrogen) atoms. The minimum atomic E-state index is -0.449. The number of aliphatic hydroxyl groups is 1. The van der Waals surface area contributed by atoms with Crippen molar-refractivity contribution in [3.8, 4) is 0 Å². The van der Waals surface area contributed by atoms with Crippen molar-refractivity contribution in [3.63, 3.8) is 0 Å². The van der Waals surface area contributed by atoms with Crippen LogP contribution in [-0.4, -0.2) is 11.2 Å². The summed E-state index contributed by atoms with van der Waals surface area (Å²) in [4.78, 5) is 0. The van der Waals surface area contributed by atoms with Crippen LogP contribution >= 0.6 is 0 Å². The Kier molecular flexibility index (Phi) is 0.718. The van der Waals surface area contributed by atoms with Gasteiger partial charge in [-0.2, -0.15) is 0 Å². The molecule has 0 aliphatic rings. The second-order valence-electron chi connectivity index (χ2n) is 0.849. The molecule has 0 saturated carbocycles. The van der Waals surface area contributed by atoms with Gasteiger partial charge in [0.1, 0.15) is 0 Å². The molecule has 0 radical (unpaired) electrons. The Morgan fingerprint density at radius 2 is 2.50 bits per heavy atom. The van der Waals surface area contributed by atoms with E-state index in [4.69, 9.17) is 6.48 Å². The number of hydrogen-bond acceptors (Lipinski definition) is 1. The second kappa shape index (κ2) is 1.30. The SMILES string of the molecule is [2H]CC(C)O. The fraction of sp³-hybridized carbons (Fsp3) is 1.00. The Hall–Kier alpha value is -0.0400. The van der Waals surface area contributed by atoms with E-state index < -0.39 is 6.10 Å². The highest BCUT2D eigenvalue weighted by Gasteiger charge is 1.69. The summed E-state index contributed by atoms with van der Waals surface area (Å²) in [7, 11) is 0.